The van der Waals surface area contributed by atoms with Crippen molar-refractivity contribution < 1.29 is 35.9 Å². The van der Waals surface area contributed by atoms with Crippen molar-refractivity contribution in [3.8, 4) is 11.9 Å². The molecule has 4 rings (SSSR count). The zero-order valence-electron chi connectivity index (χ0n) is 20.2. The lowest BCUT2D eigenvalue weighted by molar-refractivity contribution is -0.141. The number of ether oxygens (including phenoxy) is 1. The number of pyridine rings is 2. The van der Waals surface area contributed by atoms with E-state index in [1.165, 1.54) is 17.2 Å². The SMILES string of the molecule is N#Cc1c(C(=O)N2CCN(c3ncc(Cl)cc3Cl)CC2)cc(C(F)(F)F)nc1OCc1ccc(C(F)(F)F)cc1. The second-order valence-electron chi connectivity index (χ2n) is 8.57. The highest BCUT2D eigenvalue weighted by Crippen LogP contribution is 2.34. The minimum absolute atomic E-state index is 0.0791. The highest BCUT2D eigenvalue weighted by atomic mass is 35.5. The third-order valence-corrected chi connectivity index (χ3v) is 6.42. The zero-order chi connectivity index (χ0) is 29.2. The van der Waals surface area contributed by atoms with Crippen LogP contribution in [0.2, 0.25) is 10.0 Å². The number of hydrogen-bond donors (Lipinski definition) is 0. The number of piperazine rings is 1. The number of amides is 1. The number of benzene rings is 1. The van der Waals surface area contributed by atoms with Gasteiger partial charge in [0.15, 0.2) is 0 Å². The number of aromatic nitrogens is 2. The molecule has 0 bridgehead atoms. The molecule has 0 spiro atoms. The molecule has 0 aliphatic carbocycles. The van der Waals surface area contributed by atoms with Crippen LogP contribution in [0.3, 0.4) is 0 Å². The molecule has 1 fully saturated rings. The number of nitrogens with zero attached hydrogens (tertiary/aromatic N) is 5. The van der Waals surface area contributed by atoms with E-state index in [9.17, 15) is 36.4 Å². The first-order valence-electron chi connectivity index (χ1n) is 11.4. The maximum Gasteiger partial charge on any atom is 0.433 e. The molecule has 0 atom stereocenters. The van der Waals surface area contributed by atoms with E-state index in [2.05, 4.69) is 9.97 Å². The van der Waals surface area contributed by atoms with E-state index in [0.29, 0.717) is 16.9 Å². The van der Waals surface area contributed by atoms with Crippen molar-refractivity contribution in [3.63, 3.8) is 0 Å². The molecule has 3 aromatic rings. The molecule has 1 saturated heterocycles. The van der Waals surface area contributed by atoms with Gasteiger partial charge in [-0.25, -0.2) is 9.97 Å². The lowest BCUT2D eigenvalue weighted by atomic mass is 10.1. The number of carbonyl (C=O) groups excluding carboxylic acids is 1. The van der Waals surface area contributed by atoms with E-state index in [4.69, 9.17) is 27.9 Å². The smallest absolute Gasteiger partial charge is 0.433 e. The fourth-order valence-electron chi connectivity index (χ4n) is 3.92. The standard InChI is InChI=1S/C25H17Cl2F6N5O2/c26-16-9-19(27)21(35-12-16)37-5-7-38(8-6-37)23(39)17-10-20(25(31,32)33)36-22(18(17)11-34)40-13-14-1-3-15(4-2-14)24(28,29)30/h1-4,9-10,12H,5-8,13H2. The largest absolute Gasteiger partial charge is 0.472 e. The van der Waals surface area contributed by atoms with Crippen LogP contribution in [0.4, 0.5) is 32.2 Å². The first kappa shape index (κ1) is 29.2. The third-order valence-electron chi connectivity index (χ3n) is 5.93. The van der Waals surface area contributed by atoms with Gasteiger partial charge in [-0.3, -0.25) is 4.79 Å². The summed E-state index contributed by atoms with van der Waals surface area (Å²) >= 11 is 12.1. The summed E-state index contributed by atoms with van der Waals surface area (Å²) in [4.78, 5) is 23.9. The fraction of sp³-hybridized carbons (Fsp3) is 0.280. The van der Waals surface area contributed by atoms with Crippen LogP contribution < -0.4 is 9.64 Å². The molecule has 0 unspecified atom stereocenters. The van der Waals surface area contributed by atoms with Crippen molar-refractivity contribution in [2.45, 2.75) is 19.0 Å². The van der Waals surface area contributed by atoms with Gasteiger partial charge in [-0.1, -0.05) is 35.3 Å². The Hall–Kier alpha value is -3.76. The Morgan fingerprint density at radius 2 is 1.65 bits per heavy atom. The molecular weight excluding hydrogens is 587 g/mol. The van der Waals surface area contributed by atoms with Crippen LogP contribution in [0.5, 0.6) is 5.88 Å². The van der Waals surface area contributed by atoms with Crippen LogP contribution in [0.1, 0.15) is 32.7 Å². The lowest BCUT2D eigenvalue weighted by Gasteiger charge is -2.36. The first-order valence-corrected chi connectivity index (χ1v) is 12.2. The second kappa shape index (κ2) is 11.4. The summed E-state index contributed by atoms with van der Waals surface area (Å²) in [6.45, 7) is 0.154. The Balaban J connectivity index is 1.57. The average Bonchev–Trinajstić information content (AvgIpc) is 2.90. The Bertz CT molecular complexity index is 1450. The minimum atomic E-state index is -4.98. The quantitative estimate of drug-likeness (QED) is 0.321. The maximum atomic E-state index is 13.6. The summed E-state index contributed by atoms with van der Waals surface area (Å²) in [6.07, 6.45) is -8.15. The molecule has 1 amide bonds. The van der Waals surface area contributed by atoms with Crippen LogP contribution in [0, 0.1) is 11.3 Å². The van der Waals surface area contributed by atoms with Gasteiger partial charge in [-0.15, -0.1) is 0 Å². The van der Waals surface area contributed by atoms with Crippen molar-refractivity contribution in [3.05, 3.63) is 80.6 Å². The van der Waals surface area contributed by atoms with E-state index >= 15 is 0 Å². The molecule has 0 radical (unpaired) electrons. The summed E-state index contributed by atoms with van der Waals surface area (Å²) in [5, 5.41) is 10.3. The second-order valence-corrected chi connectivity index (χ2v) is 9.41. The van der Waals surface area contributed by atoms with Gasteiger partial charge < -0.3 is 14.5 Å². The van der Waals surface area contributed by atoms with E-state index in [-0.39, 0.29) is 36.8 Å². The number of hydrogen-bond acceptors (Lipinski definition) is 6. The first-order chi connectivity index (χ1) is 18.8. The Morgan fingerprint density at radius 3 is 2.20 bits per heavy atom. The predicted molar refractivity (Wildman–Crippen MR) is 132 cm³/mol. The Morgan fingerprint density at radius 1 is 1.00 bits per heavy atom. The van der Waals surface area contributed by atoms with Gasteiger partial charge in [0.1, 0.15) is 29.8 Å². The number of anilines is 1. The molecular formula is C25H17Cl2F6N5O2. The van der Waals surface area contributed by atoms with Gasteiger partial charge in [-0.05, 0) is 29.8 Å². The molecule has 15 heteroatoms. The van der Waals surface area contributed by atoms with Crippen LogP contribution in [0.25, 0.3) is 0 Å². The van der Waals surface area contributed by atoms with Crippen molar-refractivity contribution >= 4 is 34.9 Å². The molecule has 7 nitrogen and oxygen atoms in total. The van der Waals surface area contributed by atoms with Crippen molar-refractivity contribution in [1.82, 2.24) is 14.9 Å². The summed E-state index contributed by atoms with van der Waals surface area (Å²) in [5.74, 6) is -1.19. The maximum absolute atomic E-state index is 13.6. The Labute approximate surface area is 233 Å². The van der Waals surface area contributed by atoms with E-state index in [1.807, 2.05) is 0 Å². The van der Waals surface area contributed by atoms with Crippen molar-refractivity contribution in [2.24, 2.45) is 0 Å². The highest BCUT2D eigenvalue weighted by Gasteiger charge is 2.37. The van der Waals surface area contributed by atoms with Crippen molar-refractivity contribution in [2.75, 3.05) is 31.1 Å². The summed E-state index contributed by atoms with van der Waals surface area (Å²) < 4.78 is 84.7. The number of alkyl halides is 6. The molecule has 3 heterocycles. The van der Waals surface area contributed by atoms with Gasteiger partial charge >= 0.3 is 12.4 Å². The number of halogens is 8. The molecule has 2 aromatic heterocycles. The molecule has 40 heavy (non-hydrogen) atoms. The van der Waals surface area contributed by atoms with Gasteiger partial charge in [0.2, 0.25) is 5.88 Å². The molecule has 1 aliphatic heterocycles. The molecule has 210 valence electrons. The van der Waals surface area contributed by atoms with Crippen molar-refractivity contribution in [1.29, 1.82) is 5.26 Å². The minimum Gasteiger partial charge on any atom is -0.472 e. The summed E-state index contributed by atoms with van der Waals surface area (Å²) in [5.41, 5.74) is -3.31. The molecule has 1 aromatic carbocycles. The Kier molecular flexibility index (Phi) is 8.32. The highest BCUT2D eigenvalue weighted by molar-refractivity contribution is 6.36. The summed E-state index contributed by atoms with van der Waals surface area (Å²) in [7, 11) is 0. The lowest BCUT2D eigenvalue weighted by Crippen LogP contribution is -2.49. The monoisotopic (exact) mass is 603 g/mol. The number of carbonyl (C=O) groups is 1. The van der Waals surface area contributed by atoms with Gasteiger partial charge in [0.25, 0.3) is 5.91 Å². The van der Waals surface area contributed by atoms with Gasteiger partial charge in [-0.2, -0.15) is 31.6 Å². The van der Waals surface area contributed by atoms with E-state index < -0.39 is 53.1 Å². The van der Waals surface area contributed by atoms with Crippen LogP contribution >= 0.6 is 23.2 Å². The zero-order valence-corrected chi connectivity index (χ0v) is 21.7. The molecule has 1 aliphatic rings. The van der Waals surface area contributed by atoms with Crippen LogP contribution in [-0.2, 0) is 19.0 Å². The van der Waals surface area contributed by atoms with E-state index in [0.717, 1.165) is 24.3 Å². The van der Waals surface area contributed by atoms with Gasteiger partial charge in [0.05, 0.1) is 21.2 Å². The third kappa shape index (κ3) is 6.51. The normalized spacial score (nSPS) is 14.2. The molecule has 0 N–H and O–H groups in total. The molecule has 0 saturated carbocycles. The van der Waals surface area contributed by atoms with Gasteiger partial charge in [0, 0.05) is 32.4 Å². The van der Waals surface area contributed by atoms with Crippen LogP contribution in [-0.4, -0.2) is 47.0 Å². The number of rotatable bonds is 5. The summed E-state index contributed by atoms with van der Waals surface area (Å²) in [6, 6.07) is 7.38. The van der Waals surface area contributed by atoms with E-state index in [1.54, 1.807) is 11.0 Å². The fourth-order valence-corrected chi connectivity index (χ4v) is 4.42. The van der Waals surface area contributed by atoms with Crippen LogP contribution in [0.15, 0.2) is 42.6 Å². The average molecular weight is 604 g/mol. The topological polar surface area (TPSA) is 82.4 Å². The predicted octanol–water partition coefficient (Wildman–Crippen LogP) is 6.23. The number of nitriles is 1.